The number of halogens is 2. The quantitative estimate of drug-likeness (QED) is 0.364. The fourth-order valence-corrected chi connectivity index (χ4v) is 3.15. The summed E-state index contributed by atoms with van der Waals surface area (Å²) in [7, 11) is 0. The number of amides is 2. The second-order valence-corrected chi connectivity index (χ2v) is 7.40. The molecule has 2 amide bonds. The minimum Gasteiger partial charge on any atom is -0.490 e. The molecule has 10 heteroatoms. The summed E-state index contributed by atoms with van der Waals surface area (Å²) in [4.78, 5) is 11.4. The number of hydrogen-bond donors (Lipinski definition) is 4. The first-order chi connectivity index (χ1) is 14.5. The predicted molar refractivity (Wildman–Crippen MR) is 117 cm³/mol. The number of hydrazine groups is 1. The molecular weight excluding hydrogens is 429 g/mol. The van der Waals surface area contributed by atoms with Crippen LogP contribution >= 0.6 is 23.2 Å². The van der Waals surface area contributed by atoms with Crippen molar-refractivity contribution in [3.8, 4) is 11.5 Å². The zero-order valence-corrected chi connectivity index (χ0v) is 18.1. The van der Waals surface area contributed by atoms with Gasteiger partial charge < -0.3 is 14.8 Å². The number of hydrazone groups is 1. The van der Waals surface area contributed by atoms with Gasteiger partial charge in [0.15, 0.2) is 11.5 Å². The zero-order valence-electron chi connectivity index (χ0n) is 16.5. The molecule has 4 N–H and O–H groups in total. The molecule has 8 nitrogen and oxygen atoms in total. The van der Waals surface area contributed by atoms with Crippen molar-refractivity contribution >= 4 is 35.4 Å². The van der Waals surface area contributed by atoms with Gasteiger partial charge in [0.05, 0.1) is 18.9 Å². The molecule has 30 heavy (non-hydrogen) atoms. The largest absolute Gasteiger partial charge is 0.490 e. The summed E-state index contributed by atoms with van der Waals surface area (Å²) < 4.78 is 11.6. The van der Waals surface area contributed by atoms with Gasteiger partial charge in [-0.15, -0.1) is 0 Å². The monoisotopic (exact) mass is 451 g/mol. The molecule has 2 aromatic rings. The van der Waals surface area contributed by atoms with E-state index < -0.39 is 0 Å². The minimum atomic E-state index is -0.340. The number of hydrogen-bond acceptors (Lipinski definition) is 6. The van der Waals surface area contributed by atoms with Crippen LogP contribution in [0.3, 0.4) is 0 Å². The fraction of sp³-hybridized carbons (Fsp3) is 0.300. The van der Waals surface area contributed by atoms with Gasteiger partial charge in [-0.1, -0.05) is 29.3 Å². The van der Waals surface area contributed by atoms with Crippen molar-refractivity contribution in [2.75, 3.05) is 6.61 Å². The van der Waals surface area contributed by atoms with E-state index in [9.17, 15) is 4.79 Å². The molecule has 0 radical (unpaired) electrons. The third-order valence-electron chi connectivity index (χ3n) is 4.29. The Morgan fingerprint density at radius 1 is 1.17 bits per heavy atom. The number of urea groups is 1. The van der Waals surface area contributed by atoms with Gasteiger partial charge >= 0.3 is 6.03 Å². The van der Waals surface area contributed by atoms with E-state index in [0.717, 1.165) is 11.1 Å². The minimum absolute atomic E-state index is 0.0469. The summed E-state index contributed by atoms with van der Waals surface area (Å²) in [5.74, 6) is 1.19. The van der Waals surface area contributed by atoms with Crippen LogP contribution in [0.1, 0.15) is 25.0 Å². The summed E-state index contributed by atoms with van der Waals surface area (Å²) >= 11 is 12.1. The lowest BCUT2D eigenvalue weighted by Crippen LogP contribution is -2.67. The van der Waals surface area contributed by atoms with Crippen LogP contribution in [0.25, 0.3) is 0 Å². The average Bonchev–Trinajstić information content (AvgIpc) is 2.71. The van der Waals surface area contributed by atoms with Crippen LogP contribution in [-0.4, -0.2) is 31.1 Å². The molecule has 1 fully saturated rings. The van der Waals surface area contributed by atoms with E-state index in [4.69, 9.17) is 32.7 Å². The summed E-state index contributed by atoms with van der Waals surface area (Å²) in [6.45, 7) is 4.58. The molecule has 2 atom stereocenters. The standard InChI is InChI=1S/C20H23Cl2N5O3/c1-3-29-18-8-13(10-23-26-19-12(2)25-27-20(28)24-19)4-7-17(18)30-11-14-5-6-15(21)9-16(14)22/h4-10,12,19,25-26H,3,11H2,1-2H3,(H2,24,27,28)/b23-10+. The zero-order chi connectivity index (χ0) is 21.5. The number of carbonyl (C=O) groups excluding carboxylic acids is 1. The Hall–Kier alpha value is -2.68. The van der Waals surface area contributed by atoms with Gasteiger partial charge in [0.2, 0.25) is 0 Å². The van der Waals surface area contributed by atoms with Crippen LogP contribution in [0.2, 0.25) is 10.0 Å². The Bertz CT molecular complexity index is 925. The fourth-order valence-electron chi connectivity index (χ4n) is 2.69. The first-order valence-electron chi connectivity index (χ1n) is 9.40. The second kappa shape index (κ2) is 10.4. The topological polar surface area (TPSA) is 96.0 Å². The third kappa shape index (κ3) is 5.91. The van der Waals surface area contributed by atoms with E-state index in [1.165, 1.54) is 0 Å². The number of carbonyl (C=O) groups is 1. The van der Waals surface area contributed by atoms with Crippen LogP contribution in [-0.2, 0) is 6.61 Å². The maximum absolute atomic E-state index is 11.4. The molecule has 0 bridgehead atoms. The molecule has 1 heterocycles. The predicted octanol–water partition coefficient (Wildman–Crippen LogP) is 3.43. The molecule has 1 saturated heterocycles. The van der Waals surface area contributed by atoms with Gasteiger partial charge in [-0.25, -0.2) is 10.2 Å². The highest BCUT2D eigenvalue weighted by Crippen LogP contribution is 2.30. The molecule has 160 valence electrons. The Morgan fingerprint density at radius 3 is 2.77 bits per heavy atom. The lowest BCUT2D eigenvalue weighted by molar-refractivity contribution is 0.202. The van der Waals surface area contributed by atoms with Crippen LogP contribution in [0.5, 0.6) is 11.5 Å². The van der Waals surface area contributed by atoms with Crippen molar-refractivity contribution in [1.82, 2.24) is 21.6 Å². The summed E-state index contributed by atoms with van der Waals surface area (Å²) in [5.41, 5.74) is 9.88. The number of nitrogens with one attached hydrogen (secondary N) is 4. The van der Waals surface area contributed by atoms with Gasteiger partial charge in [0.1, 0.15) is 12.8 Å². The highest BCUT2D eigenvalue weighted by atomic mass is 35.5. The smallest absolute Gasteiger partial charge is 0.330 e. The highest BCUT2D eigenvalue weighted by molar-refractivity contribution is 6.35. The van der Waals surface area contributed by atoms with E-state index in [2.05, 4.69) is 26.7 Å². The molecular formula is C20H23Cl2N5O3. The first kappa shape index (κ1) is 22.0. The summed E-state index contributed by atoms with van der Waals surface area (Å²) in [5, 5.41) is 8.06. The molecule has 2 unspecified atom stereocenters. The van der Waals surface area contributed by atoms with E-state index in [1.54, 1.807) is 18.3 Å². The lowest BCUT2D eigenvalue weighted by atomic mass is 10.2. The SMILES string of the molecule is CCOc1cc(/C=N/NC2NC(=O)NNC2C)ccc1OCc1ccc(Cl)cc1Cl. The summed E-state index contributed by atoms with van der Waals surface area (Å²) in [6.07, 6.45) is 1.30. The van der Waals surface area contributed by atoms with Crippen molar-refractivity contribution < 1.29 is 14.3 Å². The lowest BCUT2D eigenvalue weighted by Gasteiger charge is -2.30. The highest BCUT2D eigenvalue weighted by Gasteiger charge is 2.23. The van der Waals surface area contributed by atoms with Crippen molar-refractivity contribution in [2.24, 2.45) is 5.10 Å². The van der Waals surface area contributed by atoms with Crippen molar-refractivity contribution in [3.63, 3.8) is 0 Å². The molecule has 3 rings (SSSR count). The van der Waals surface area contributed by atoms with E-state index in [-0.39, 0.29) is 24.8 Å². The Kier molecular flexibility index (Phi) is 7.62. The molecule has 2 aromatic carbocycles. The Balaban J connectivity index is 1.65. The molecule has 0 spiro atoms. The van der Waals surface area contributed by atoms with Crippen LogP contribution < -0.4 is 31.1 Å². The Labute approximate surface area is 184 Å². The van der Waals surface area contributed by atoms with Crippen LogP contribution in [0.4, 0.5) is 4.79 Å². The van der Waals surface area contributed by atoms with Gasteiger partial charge in [0, 0.05) is 15.6 Å². The van der Waals surface area contributed by atoms with E-state index in [0.29, 0.717) is 28.2 Å². The molecule has 1 aliphatic rings. The maximum Gasteiger partial charge on any atom is 0.330 e. The van der Waals surface area contributed by atoms with Crippen molar-refractivity contribution in [1.29, 1.82) is 0 Å². The van der Waals surface area contributed by atoms with Crippen LogP contribution in [0.15, 0.2) is 41.5 Å². The average molecular weight is 452 g/mol. The number of nitrogens with zero attached hydrogens (tertiary/aromatic N) is 1. The van der Waals surface area contributed by atoms with Gasteiger partial charge in [-0.3, -0.25) is 10.9 Å². The van der Waals surface area contributed by atoms with Crippen molar-refractivity contribution in [2.45, 2.75) is 32.7 Å². The van der Waals surface area contributed by atoms with Gasteiger partial charge in [-0.2, -0.15) is 5.10 Å². The van der Waals surface area contributed by atoms with Crippen LogP contribution in [0, 0.1) is 0 Å². The third-order valence-corrected chi connectivity index (χ3v) is 4.88. The number of rotatable bonds is 8. The van der Waals surface area contributed by atoms with E-state index >= 15 is 0 Å². The van der Waals surface area contributed by atoms with Gasteiger partial charge in [-0.05, 0) is 49.7 Å². The number of benzene rings is 2. The first-order valence-corrected chi connectivity index (χ1v) is 10.2. The molecule has 0 aromatic heterocycles. The van der Waals surface area contributed by atoms with Crippen molar-refractivity contribution in [3.05, 3.63) is 57.6 Å². The molecule has 0 aliphatic carbocycles. The number of ether oxygens (including phenoxy) is 2. The summed E-state index contributed by atoms with van der Waals surface area (Å²) in [6, 6.07) is 10.4. The molecule has 0 saturated carbocycles. The Morgan fingerprint density at radius 2 is 2.00 bits per heavy atom. The second-order valence-electron chi connectivity index (χ2n) is 6.56. The van der Waals surface area contributed by atoms with E-state index in [1.807, 2.05) is 38.1 Å². The normalized spacial score (nSPS) is 18.6. The maximum atomic E-state index is 11.4. The van der Waals surface area contributed by atoms with Gasteiger partial charge in [0.25, 0.3) is 0 Å². The molecule has 1 aliphatic heterocycles.